The van der Waals surface area contributed by atoms with Crippen LogP contribution in [-0.2, 0) is 28.7 Å². The summed E-state index contributed by atoms with van der Waals surface area (Å²) in [4.78, 5) is 33.6. The summed E-state index contributed by atoms with van der Waals surface area (Å²) < 4.78 is 51.9. The van der Waals surface area contributed by atoms with Crippen molar-refractivity contribution in [3.8, 4) is 17.2 Å². The van der Waals surface area contributed by atoms with Gasteiger partial charge in [0.05, 0.1) is 11.6 Å². The lowest BCUT2D eigenvalue weighted by molar-refractivity contribution is -0.202. The molecule has 0 aliphatic rings. The molecule has 0 radical (unpaired) electrons. The second-order valence-corrected chi connectivity index (χ2v) is 17.1. The van der Waals surface area contributed by atoms with E-state index in [0.29, 0.717) is 10.6 Å². The highest BCUT2D eigenvalue weighted by molar-refractivity contribution is 6.74. The number of aromatic nitrogens is 7. The molecule has 1 aromatic carbocycles. The van der Waals surface area contributed by atoms with Gasteiger partial charge in [-0.25, -0.2) is 19.4 Å². The van der Waals surface area contributed by atoms with Gasteiger partial charge in [-0.2, -0.15) is 17.9 Å². The average Bonchev–Trinajstić information content (AvgIpc) is 3.43. The van der Waals surface area contributed by atoms with E-state index in [9.17, 15) is 27.9 Å². The van der Waals surface area contributed by atoms with E-state index in [1.165, 1.54) is 36.5 Å². The van der Waals surface area contributed by atoms with Crippen LogP contribution in [0.25, 0.3) is 17.2 Å². The fraction of sp³-hybridized carbons (Fsp3) is 0.407. The molecular formula is C27H30Cl2F3N7O4Si. The van der Waals surface area contributed by atoms with Crippen LogP contribution in [0.3, 0.4) is 0 Å². The summed E-state index contributed by atoms with van der Waals surface area (Å²) in [7, 11) is -2.93. The second kappa shape index (κ2) is 12.5. The van der Waals surface area contributed by atoms with Crippen molar-refractivity contribution < 1.29 is 27.5 Å². The molecule has 0 spiro atoms. The van der Waals surface area contributed by atoms with E-state index in [4.69, 9.17) is 27.6 Å². The lowest BCUT2D eigenvalue weighted by atomic mass is 10.2. The highest BCUT2D eigenvalue weighted by Gasteiger charge is 2.48. The van der Waals surface area contributed by atoms with Gasteiger partial charge in [0.2, 0.25) is 0 Å². The highest BCUT2D eigenvalue weighted by Crippen LogP contribution is 2.40. The molecule has 3 heterocycles. The van der Waals surface area contributed by atoms with Gasteiger partial charge in [-0.1, -0.05) is 44.0 Å². The fourth-order valence-corrected chi connectivity index (χ4v) is 5.57. The molecule has 3 aromatic heterocycles. The minimum atomic E-state index is -4.79. The molecule has 0 aliphatic heterocycles. The van der Waals surface area contributed by atoms with Crippen LogP contribution in [-0.4, -0.2) is 65.8 Å². The summed E-state index contributed by atoms with van der Waals surface area (Å²) in [6.07, 6.45) is -6.20. The summed E-state index contributed by atoms with van der Waals surface area (Å²) >= 11 is 12.3. The van der Waals surface area contributed by atoms with Crippen molar-refractivity contribution in [3.05, 3.63) is 74.8 Å². The van der Waals surface area contributed by atoms with Crippen LogP contribution in [0.5, 0.6) is 0 Å². The summed E-state index contributed by atoms with van der Waals surface area (Å²) in [5, 5.41) is 18.1. The molecule has 0 saturated heterocycles. The third kappa shape index (κ3) is 7.39. The van der Waals surface area contributed by atoms with Crippen molar-refractivity contribution in [2.24, 2.45) is 0 Å². The first-order valence-electron chi connectivity index (χ1n) is 13.3. The van der Waals surface area contributed by atoms with E-state index >= 15 is 0 Å². The average molecular weight is 673 g/mol. The molecule has 4 aromatic rings. The molecule has 236 valence electrons. The van der Waals surface area contributed by atoms with Gasteiger partial charge in [0.1, 0.15) is 18.8 Å². The van der Waals surface area contributed by atoms with E-state index in [1.54, 1.807) is 19.2 Å². The van der Waals surface area contributed by atoms with E-state index in [0.717, 1.165) is 13.9 Å². The predicted molar refractivity (Wildman–Crippen MR) is 160 cm³/mol. The van der Waals surface area contributed by atoms with Gasteiger partial charge in [-0.15, -0.1) is 10.2 Å². The molecule has 1 N–H and O–H groups in total. The van der Waals surface area contributed by atoms with Gasteiger partial charge in [0, 0.05) is 16.8 Å². The Hall–Kier alpha value is -3.53. The Kier molecular flexibility index (Phi) is 9.45. The summed E-state index contributed by atoms with van der Waals surface area (Å²) in [5.41, 5.74) is -0.543. The number of carboxylic acids is 1. The van der Waals surface area contributed by atoms with Crippen molar-refractivity contribution in [3.63, 3.8) is 0 Å². The van der Waals surface area contributed by atoms with Gasteiger partial charge < -0.3 is 9.53 Å². The first-order chi connectivity index (χ1) is 20.4. The molecule has 0 fully saturated rings. The Balaban J connectivity index is 1.81. The normalized spacial score (nSPS) is 13.3. The number of halogens is 5. The van der Waals surface area contributed by atoms with E-state index in [1.807, 2.05) is 20.8 Å². The van der Waals surface area contributed by atoms with Crippen LogP contribution >= 0.6 is 23.2 Å². The Morgan fingerprint density at radius 1 is 1.09 bits per heavy atom. The number of hydrogen-bond acceptors (Lipinski definition) is 7. The minimum absolute atomic E-state index is 0.0292. The Labute approximate surface area is 261 Å². The molecule has 1 atom stereocenters. The standard InChI is InChI=1S/C27H30Cl2F3N7O4Si/c1-26(2,3)44(4,5)43-19(27(30,31)32)14-37-23(16-8-10-17(28)11-9-16)36-38(25(37)42)15-20-34-21(13-22(40)41)39(35-20)24-18(29)7-6-12-33-24/h6-12,19H,13-15H2,1-5H3,(H,40,41)/t19-/m0/s1. The SMILES string of the molecule is CC(C)(C)[Si](C)(C)O[C@@H](Cn1c(-c2ccc(Cl)cc2)nn(Cc2nc(CC(=O)O)n(-c3ncccc3Cl)n2)c1=O)C(F)(F)F. The zero-order valence-corrected chi connectivity index (χ0v) is 26.9. The number of nitrogens with zero attached hydrogens (tertiary/aromatic N) is 7. The lowest BCUT2D eigenvalue weighted by Gasteiger charge is -2.39. The van der Waals surface area contributed by atoms with Crippen molar-refractivity contribution >= 4 is 37.5 Å². The van der Waals surface area contributed by atoms with E-state index in [2.05, 4.69) is 20.2 Å². The summed E-state index contributed by atoms with van der Waals surface area (Å²) in [6.45, 7) is 7.60. The van der Waals surface area contributed by atoms with Crippen molar-refractivity contribution in [1.29, 1.82) is 0 Å². The first-order valence-corrected chi connectivity index (χ1v) is 17.0. The number of rotatable bonds is 10. The van der Waals surface area contributed by atoms with Gasteiger partial charge in [0.25, 0.3) is 0 Å². The smallest absolute Gasteiger partial charge is 0.415 e. The number of alkyl halides is 3. The van der Waals surface area contributed by atoms with Crippen LogP contribution < -0.4 is 5.69 Å². The maximum atomic E-state index is 14.4. The molecule has 0 amide bonds. The molecule has 0 aliphatic carbocycles. The molecular weight excluding hydrogens is 642 g/mol. The van der Waals surface area contributed by atoms with Gasteiger partial charge >= 0.3 is 17.8 Å². The van der Waals surface area contributed by atoms with Crippen molar-refractivity contribution in [2.45, 2.75) is 70.7 Å². The van der Waals surface area contributed by atoms with Crippen LogP contribution in [0.1, 0.15) is 32.4 Å². The lowest BCUT2D eigenvalue weighted by Crippen LogP contribution is -2.50. The number of pyridine rings is 1. The van der Waals surface area contributed by atoms with Crippen molar-refractivity contribution in [1.82, 2.24) is 34.1 Å². The highest BCUT2D eigenvalue weighted by atomic mass is 35.5. The third-order valence-electron chi connectivity index (χ3n) is 7.24. The van der Waals surface area contributed by atoms with Crippen LogP contribution in [0.2, 0.25) is 28.2 Å². The topological polar surface area (TPSA) is 130 Å². The van der Waals surface area contributed by atoms with E-state index < -0.39 is 56.8 Å². The molecule has 0 unspecified atom stereocenters. The molecule has 17 heteroatoms. The number of carboxylic acid groups (broad SMARTS) is 1. The van der Waals surface area contributed by atoms with Gasteiger partial charge in [0.15, 0.2) is 31.9 Å². The molecule has 4 rings (SSSR count). The minimum Gasteiger partial charge on any atom is -0.481 e. The Bertz CT molecular complexity index is 1710. The third-order valence-corrected chi connectivity index (χ3v) is 12.3. The predicted octanol–water partition coefficient (Wildman–Crippen LogP) is 5.62. The number of hydrogen-bond donors (Lipinski definition) is 1. The fourth-order valence-electron chi connectivity index (χ4n) is 3.97. The maximum Gasteiger partial charge on any atom is 0.415 e. The van der Waals surface area contributed by atoms with Gasteiger partial charge in [-0.05, 0) is 54.5 Å². The molecule has 0 bridgehead atoms. The number of carbonyl (C=O) groups is 1. The number of benzene rings is 1. The van der Waals surface area contributed by atoms with Gasteiger partial charge in [-0.3, -0.25) is 9.36 Å². The molecule has 44 heavy (non-hydrogen) atoms. The Morgan fingerprint density at radius 3 is 2.32 bits per heavy atom. The largest absolute Gasteiger partial charge is 0.481 e. The van der Waals surface area contributed by atoms with Crippen LogP contribution in [0, 0.1) is 0 Å². The molecule has 0 saturated carbocycles. The van der Waals surface area contributed by atoms with Crippen LogP contribution in [0.4, 0.5) is 13.2 Å². The number of aliphatic carboxylic acids is 1. The zero-order valence-electron chi connectivity index (χ0n) is 24.4. The maximum absolute atomic E-state index is 14.4. The first kappa shape index (κ1) is 33.4. The Morgan fingerprint density at radius 2 is 1.75 bits per heavy atom. The second-order valence-electron chi connectivity index (χ2n) is 11.5. The van der Waals surface area contributed by atoms with Crippen LogP contribution in [0.15, 0.2) is 47.4 Å². The molecule has 11 nitrogen and oxygen atoms in total. The van der Waals surface area contributed by atoms with Crippen molar-refractivity contribution in [2.75, 3.05) is 0 Å². The summed E-state index contributed by atoms with van der Waals surface area (Å²) in [6, 6.07) is 9.22. The van der Waals surface area contributed by atoms with E-state index in [-0.39, 0.29) is 28.3 Å². The monoisotopic (exact) mass is 671 g/mol. The summed E-state index contributed by atoms with van der Waals surface area (Å²) in [5.74, 6) is -1.22. The quantitative estimate of drug-likeness (QED) is 0.215. The zero-order chi connectivity index (χ0) is 32.6.